The van der Waals surface area contributed by atoms with Gasteiger partial charge in [-0.1, -0.05) is 25.4 Å². The van der Waals surface area contributed by atoms with E-state index < -0.39 is 27.4 Å². The SMILES string of the molecule is CC1(C)CCCN(S(=O)(=O)c2ccc(Cl)cc2)C1C(=O)O. The Balaban J connectivity index is 2.46. The average molecular weight is 332 g/mol. The number of benzene rings is 1. The van der Waals surface area contributed by atoms with E-state index in [2.05, 4.69) is 0 Å². The number of sulfonamides is 1. The molecule has 1 aliphatic rings. The molecule has 0 aliphatic carbocycles. The molecule has 1 N–H and O–H groups in total. The number of halogens is 1. The van der Waals surface area contributed by atoms with Crippen molar-refractivity contribution in [3.63, 3.8) is 0 Å². The highest BCUT2D eigenvalue weighted by Gasteiger charge is 2.47. The predicted octanol–water partition coefficient (Wildman–Crippen LogP) is 2.60. The van der Waals surface area contributed by atoms with E-state index in [1.165, 1.54) is 24.3 Å². The Morgan fingerprint density at radius 2 is 1.90 bits per heavy atom. The summed E-state index contributed by atoms with van der Waals surface area (Å²) in [5.74, 6) is -1.11. The molecule has 116 valence electrons. The molecule has 0 spiro atoms. The van der Waals surface area contributed by atoms with E-state index in [-0.39, 0.29) is 11.4 Å². The van der Waals surface area contributed by atoms with Gasteiger partial charge in [0, 0.05) is 11.6 Å². The van der Waals surface area contributed by atoms with Gasteiger partial charge in [0.25, 0.3) is 0 Å². The van der Waals surface area contributed by atoms with Crippen LogP contribution in [0.25, 0.3) is 0 Å². The lowest BCUT2D eigenvalue weighted by atomic mass is 9.77. The summed E-state index contributed by atoms with van der Waals surface area (Å²) in [7, 11) is -3.85. The first kappa shape index (κ1) is 16.3. The van der Waals surface area contributed by atoms with E-state index >= 15 is 0 Å². The van der Waals surface area contributed by atoms with Crippen LogP contribution in [0.4, 0.5) is 0 Å². The van der Waals surface area contributed by atoms with Gasteiger partial charge in [-0.05, 0) is 42.5 Å². The Morgan fingerprint density at radius 1 is 1.33 bits per heavy atom. The van der Waals surface area contributed by atoms with Crippen LogP contribution in [0.2, 0.25) is 5.02 Å². The van der Waals surface area contributed by atoms with Crippen LogP contribution in [0.15, 0.2) is 29.2 Å². The molecule has 0 radical (unpaired) electrons. The van der Waals surface area contributed by atoms with Gasteiger partial charge in [0.15, 0.2) is 0 Å². The zero-order valence-corrected chi connectivity index (χ0v) is 13.5. The fraction of sp³-hybridized carbons (Fsp3) is 0.500. The van der Waals surface area contributed by atoms with Gasteiger partial charge in [0.05, 0.1) is 4.90 Å². The van der Waals surface area contributed by atoms with Gasteiger partial charge < -0.3 is 5.11 Å². The lowest BCUT2D eigenvalue weighted by molar-refractivity contribution is -0.147. The summed E-state index contributed by atoms with van der Waals surface area (Å²) in [5, 5.41) is 9.90. The molecule has 1 fully saturated rings. The minimum Gasteiger partial charge on any atom is -0.480 e. The van der Waals surface area contributed by atoms with Gasteiger partial charge in [-0.2, -0.15) is 4.31 Å². The second kappa shape index (κ2) is 5.59. The van der Waals surface area contributed by atoms with Crippen LogP contribution in [0.1, 0.15) is 26.7 Å². The summed E-state index contributed by atoms with van der Waals surface area (Å²) in [6.07, 6.45) is 1.32. The summed E-state index contributed by atoms with van der Waals surface area (Å²) in [6.45, 7) is 3.79. The zero-order chi connectivity index (χ0) is 15.8. The Morgan fingerprint density at radius 3 is 2.43 bits per heavy atom. The van der Waals surface area contributed by atoms with Crippen molar-refractivity contribution in [1.82, 2.24) is 4.31 Å². The van der Waals surface area contributed by atoms with Crippen molar-refractivity contribution in [2.45, 2.75) is 37.6 Å². The largest absolute Gasteiger partial charge is 0.480 e. The van der Waals surface area contributed by atoms with Gasteiger partial charge in [-0.15, -0.1) is 0 Å². The number of hydrogen-bond acceptors (Lipinski definition) is 3. The van der Waals surface area contributed by atoms with Crippen molar-refractivity contribution in [3.05, 3.63) is 29.3 Å². The highest BCUT2D eigenvalue weighted by Crippen LogP contribution is 2.38. The standard InChI is InChI=1S/C14H18ClNO4S/c1-14(2)8-3-9-16(12(14)13(17)18)21(19,20)11-6-4-10(15)5-7-11/h4-7,12H,3,8-9H2,1-2H3,(H,17,18). The quantitative estimate of drug-likeness (QED) is 0.923. The lowest BCUT2D eigenvalue weighted by Gasteiger charge is -2.42. The number of nitrogens with zero attached hydrogens (tertiary/aromatic N) is 1. The van der Waals surface area contributed by atoms with Crippen molar-refractivity contribution in [2.75, 3.05) is 6.54 Å². The van der Waals surface area contributed by atoms with Gasteiger partial charge in [-0.25, -0.2) is 8.42 Å². The molecule has 21 heavy (non-hydrogen) atoms. The highest BCUT2D eigenvalue weighted by atomic mass is 35.5. The van der Waals surface area contributed by atoms with Crippen molar-refractivity contribution < 1.29 is 18.3 Å². The van der Waals surface area contributed by atoms with Gasteiger partial charge in [0.1, 0.15) is 6.04 Å². The topological polar surface area (TPSA) is 74.7 Å². The third kappa shape index (κ3) is 3.07. The number of rotatable bonds is 3. The monoisotopic (exact) mass is 331 g/mol. The minimum absolute atomic E-state index is 0.0656. The molecule has 1 heterocycles. The van der Waals surface area contributed by atoms with E-state index in [0.717, 1.165) is 4.31 Å². The van der Waals surface area contributed by atoms with E-state index in [9.17, 15) is 18.3 Å². The van der Waals surface area contributed by atoms with Crippen molar-refractivity contribution >= 4 is 27.6 Å². The van der Waals surface area contributed by atoms with Crippen molar-refractivity contribution in [1.29, 1.82) is 0 Å². The maximum absolute atomic E-state index is 12.7. The molecule has 1 aromatic carbocycles. The Hall–Kier alpha value is -1.11. The summed E-state index contributed by atoms with van der Waals surface area (Å²) in [5.41, 5.74) is -0.608. The maximum atomic E-state index is 12.7. The molecule has 7 heteroatoms. The van der Waals surface area contributed by atoms with Crippen molar-refractivity contribution in [2.24, 2.45) is 5.41 Å². The normalized spacial score (nSPS) is 22.9. The first-order valence-corrected chi connectivity index (χ1v) is 8.48. The average Bonchev–Trinajstić information content (AvgIpc) is 2.37. The third-order valence-corrected chi connectivity index (χ3v) is 6.01. The lowest BCUT2D eigenvalue weighted by Crippen LogP contribution is -2.56. The first-order chi connectivity index (χ1) is 9.66. The highest BCUT2D eigenvalue weighted by molar-refractivity contribution is 7.89. The molecule has 0 bridgehead atoms. The molecule has 1 saturated heterocycles. The van der Waals surface area contributed by atoms with Crippen molar-refractivity contribution in [3.8, 4) is 0 Å². The van der Waals surface area contributed by atoms with Crippen LogP contribution in [0.3, 0.4) is 0 Å². The van der Waals surface area contributed by atoms with Crippen LogP contribution < -0.4 is 0 Å². The molecule has 1 atom stereocenters. The van der Waals surface area contributed by atoms with E-state index in [0.29, 0.717) is 17.9 Å². The molecule has 1 aromatic rings. The number of hydrogen-bond donors (Lipinski definition) is 1. The smallest absolute Gasteiger partial charge is 0.322 e. The second-order valence-electron chi connectivity index (χ2n) is 5.90. The molecule has 1 unspecified atom stereocenters. The molecular formula is C14H18ClNO4S. The molecule has 0 amide bonds. The molecule has 2 rings (SSSR count). The number of carboxylic acid groups (broad SMARTS) is 1. The Bertz CT molecular complexity index is 639. The van der Waals surface area contributed by atoms with E-state index in [4.69, 9.17) is 11.6 Å². The van der Waals surface area contributed by atoms with Gasteiger partial charge in [-0.3, -0.25) is 4.79 Å². The predicted molar refractivity (Wildman–Crippen MR) is 79.8 cm³/mol. The Labute approximate surface area is 129 Å². The fourth-order valence-corrected chi connectivity index (χ4v) is 4.70. The van der Waals surface area contributed by atoms with E-state index in [1.807, 2.05) is 0 Å². The number of carboxylic acids is 1. The first-order valence-electron chi connectivity index (χ1n) is 6.66. The van der Waals surface area contributed by atoms with Crippen LogP contribution in [-0.2, 0) is 14.8 Å². The summed E-state index contributed by atoms with van der Waals surface area (Å²) >= 11 is 5.77. The number of carbonyl (C=O) groups is 1. The summed E-state index contributed by atoms with van der Waals surface area (Å²) < 4.78 is 26.5. The van der Waals surface area contributed by atoms with Gasteiger partial charge >= 0.3 is 5.97 Å². The van der Waals surface area contributed by atoms with Crippen LogP contribution in [0.5, 0.6) is 0 Å². The summed E-state index contributed by atoms with van der Waals surface area (Å²) in [6, 6.07) is 4.71. The van der Waals surface area contributed by atoms with E-state index in [1.54, 1.807) is 13.8 Å². The molecule has 0 saturated carbocycles. The van der Waals surface area contributed by atoms with Crippen LogP contribution in [-0.4, -0.2) is 36.4 Å². The summed E-state index contributed by atoms with van der Waals surface area (Å²) in [4.78, 5) is 11.7. The Kier molecular flexibility index (Phi) is 4.33. The maximum Gasteiger partial charge on any atom is 0.322 e. The molecular weight excluding hydrogens is 314 g/mol. The third-order valence-electron chi connectivity index (χ3n) is 3.88. The molecule has 0 aromatic heterocycles. The number of piperidine rings is 1. The fourth-order valence-electron chi connectivity index (χ4n) is 2.80. The zero-order valence-electron chi connectivity index (χ0n) is 11.9. The number of aliphatic carboxylic acids is 1. The van der Waals surface area contributed by atoms with Gasteiger partial charge in [0.2, 0.25) is 10.0 Å². The molecule has 5 nitrogen and oxygen atoms in total. The van der Waals surface area contributed by atoms with Crippen LogP contribution >= 0.6 is 11.6 Å². The minimum atomic E-state index is -3.85. The molecule has 1 aliphatic heterocycles. The van der Waals surface area contributed by atoms with Crippen LogP contribution in [0, 0.1) is 5.41 Å². The second-order valence-corrected chi connectivity index (χ2v) is 8.23.